The zero-order valence-corrected chi connectivity index (χ0v) is 15.8. The Morgan fingerprint density at radius 3 is 2.42 bits per heavy atom. The Morgan fingerprint density at radius 2 is 1.69 bits per heavy atom. The average Bonchev–Trinajstić information content (AvgIpc) is 2.89. The van der Waals surface area contributed by atoms with E-state index >= 15 is 0 Å². The molecule has 1 saturated heterocycles. The fraction of sp³-hybridized carbons (Fsp3) is 0.350. The van der Waals surface area contributed by atoms with E-state index in [0.717, 1.165) is 32.7 Å². The van der Waals surface area contributed by atoms with Crippen molar-refractivity contribution in [2.45, 2.75) is 19.5 Å². The molecule has 0 aromatic heterocycles. The molecule has 0 radical (unpaired) electrons. The van der Waals surface area contributed by atoms with Gasteiger partial charge >= 0.3 is 0 Å². The molecule has 0 bridgehead atoms. The second-order valence-corrected chi connectivity index (χ2v) is 7.05. The zero-order chi connectivity index (χ0) is 18.2. The quantitative estimate of drug-likeness (QED) is 0.536. The molecule has 0 spiro atoms. The second kappa shape index (κ2) is 9.52. The molecule has 1 aliphatic rings. The standard InChI is InChI=1S/C20H27N5S/c21-20(26)23-22-15-17-7-9-19(10-8-17)25-12-4-11-24(13-14-25)16-18-5-2-1-3-6-18/h1-3,5-10,22H,4,11-16H2,(H3,21,23,26). The van der Waals surface area contributed by atoms with E-state index < -0.39 is 0 Å². The monoisotopic (exact) mass is 369 g/mol. The predicted molar refractivity (Wildman–Crippen MR) is 112 cm³/mol. The molecule has 0 amide bonds. The van der Waals surface area contributed by atoms with Gasteiger partial charge in [0.25, 0.3) is 0 Å². The van der Waals surface area contributed by atoms with Gasteiger partial charge in [0.2, 0.25) is 0 Å². The Morgan fingerprint density at radius 1 is 0.923 bits per heavy atom. The number of hydrazine groups is 1. The Balaban J connectivity index is 1.51. The highest BCUT2D eigenvalue weighted by atomic mass is 32.1. The van der Waals surface area contributed by atoms with Crippen LogP contribution in [-0.2, 0) is 13.1 Å². The summed E-state index contributed by atoms with van der Waals surface area (Å²) in [6.07, 6.45) is 1.19. The lowest BCUT2D eigenvalue weighted by Gasteiger charge is -2.24. The maximum Gasteiger partial charge on any atom is 0.178 e. The Labute approximate surface area is 161 Å². The largest absolute Gasteiger partial charge is 0.375 e. The van der Waals surface area contributed by atoms with Crippen LogP contribution >= 0.6 is 12.2 Å². The van der Waals surface area contributed by atoms with E-state index in [1.165, 1.54) is 23.2 Å². The molecule has 1 aliphatic heterocycles. The van der Waals surface area contributed by atoms with Crippen molar-refractivity contribution >= 4 is 23.0 Å². The van der Waals surface area contributed by atoms with Crippen molar-refractivity contribution in [3.05, 3.63) is 65.7 Å². The topological polar surface area (TPSA) is 56.6 Å². The van der Waals surface area contributed by atoms with Crippen LogP contribution in [0, 0.1) is 0 Å². The summed E-state index contributed by atoms with van der Waals surface area (Å²) < 4.78 is 0. The van der Waals surface area contributed by atoms with Gasteiger partial charge in [0.05, 0.1) is 0 Å². The number of nitrogens with two attached hydrogens (primary N) is 1. The van der Waals surface area contributed by atoms with Crippen LogP contribution in [0.15, 0.2) is 54.6 Å². The molecule has 0 unspecified atom stereocenters. The molecule has 1 heterocycles. The first-order valence-electron chi connectivity index (χ1n) is 9.09. The van der Waals surface area contributed by atoms with Crippen LogP contribution in [-0.4, -0.2) is 36.2 Å². The molecule has 4 N–H and O–H groups in total. The summed E-state index contributed by atoms with van der Waals surface area (Å²) in [6.45, 7) is 6.13. The minimum Gasteiger partial charge on any atom is -0.375 e. The van der Waals surface area contributed by atoms with Crippen molar-refractivity contribution in [2.24, 2.45) is 5.73 Å². The van der Waals surface area contributed by atoms with Gasteiger partial charge < -0.3 is 10.6 Å². The minimum atomic E-state index is 0.256. The van der Waals surface area contributed by atoms with Crippen molar-refractivity contribution in [3.8, 4) is 0 Å². The molecule has 2 aromatic rings. The molecule has 5 nitrogen and oxygen atoms in total. The summed E-state index contributed by atoms with van der Waals surface area (Å²) in [6, 6.07) is 19.4. The lowest BCUT2D eigenvalue weighted by molar-refractivity contribution is 0.285. The Bertz CT molecular complexity index is 689. The molecule has 1 fully saturated rings. The lowest BCUT2D eigenvalue weighted by atomic mass is 10.2. The van der Waals surface area contributed by atoms with Gasteiger partial charge in [0, 0.05) is 45.0 Å². The molecule has 0 saturated carbocycles. The predicted octanol–water partition coefficient (Wildman–Crippen LogP) is 2.24. The SMILES string of the molecule is NC(=S)NNCc1ccc(N2CCCN(Cc3ccccc3)CC2)cc1. The van der Waals surface area contributed by atoms with Crippen LogP contribution in [0.3, 0.4) is 0 Å². The van der Waals surface area contributed by atoms with E-state index in [0.29, 0.717) is 6.54 Å². The number of hydrogen-bond donors (Lipinski definition) is 3. The first-order valence-corrected chi connectivity index (χ1v) is 9.50. The third-order valence-corrected chi connectivity index (χ3v) is 4.75. The summed E-state index contributed by atoms with van der Waals surface area (Å²) in [5, 5.41) is 0.256. The fourth-order valence-electron chi connectivity index (χ4n) is 3.29. The van der Waals surface area contributed by atoms with Gasteiger partial charge in [-0.25, -0.2) is 5.43 Å². The van der Waals surface area contributed by atoms with Crippen molar-refractivity contribution in [1.29, 1.82) is 0 Å². The van der Waals surface area contributed by atoms with Crippen molar-refractivity contribution < 1.29 is 0 Å². The van der Waals surface area contributed by atoms with Crippen LogP contribution in [0.2, 0.25) is 0 Å². The number of nitrogens with one attached hydrogen (secondary N) is 2. The summed E-state index contributed by atoms with van der Waals surface area (Å²) in [5.41, 5.74) is 15.0. The molecular weight excluding hydrogens is 342 g/mol. The normalized spacial score (nSPS) is 15.5. The van der Waals surface area contributed by atoms with E-state index in [9.17, 15) is 0 Å². The van der Waals surface area contributed by atoms with Crippen LogP contribution in [0.5, 0.6) is 0 Å². The van der Waals surface area contributed by atoms with Gasteiger partial charge in [-0.1, -0.05) is 42.5 Å². The Kier molecular flexibility index (Phi) is 6.82. The number of hydrogen-bond acceptors (Lipinski definition) is 4. The van der Waals surface area contributed by atoms with Gasteiger partial charge in [0.15, 0.2) is 5.11 Å². The first-order chi connectivity index (χ1) is 12.7. The molecule has 0 atom stereocenters. The van der Waals surface area contributed by atoms with E-state index in [4.69, 9.17) is 18.0 Å². The van der Waals surface area contributed by atoms with Gasteiger partial charge in [-0.15, -0.1) is 0 Å². The highest BCUT2D eigenvalue weighted by molar-refractivity contribution is 7.80. The molecule has 26 heavy (non-hydrogen) atoms. The van der Waals surface area contributed by atoms with Gasteiger partial charge in [0.1, 0.15) is 0 Å². The van der Waals surface area contributed by atoms with E-state index in [1.807, 2.05) is 0 Å². The Hall–Kier alpha value is -2.15. The first kappa shape index (κ1) is 18.6. The average molecular weight is 370 g/mol. The molecule has 6 heteroatoms. The number of benzene rings is 2. The molecule has 0 aliphatic carbocycles. The van der Waals surface area contributed by atoms with Crippen LogP contribution in [0.4, 0.5) is 5.69 Å². The van der Waals surface area contributed by atoms with Crippen molar-refractivity contribution in [2.75, 3.05) is 31.1 Å². The van der Waals surface area contributed by atoms with E-state index in [-0.39, 0.29) is 5.11 Å². The number of thiocarbonyl (C=S) groups is 1. The molecular formula is C20H27N5S. The molecule has 2 aromatic carbocycles. The fourth-order valence-corrected chi connectivity index (χ4v) is 3.36. The van der Waals surface area contributed by atoms with Gasteiger partial charge in [-0.2, -0.15) is 0 Å². The maximum absolute atomic E-state index is 5.40. The minimum absolute atomic E-state index is 0.256. The summed E-state index contributed by atoms with van der Waals surface area (Å²) in [7, 11) is 0. The highest BCUT2D eigenvalue weighted by Crippen LogP contribution is 2.18. The smallest absolute Gasteiger partial charge is 0.178 e. The zero-order valence-electron chi connectivity index (χ0n) is 15.0. The van der Waals surface area contributed by atoms with Gasteiger partial charge in [-0.3, -0.25) is 10.3 Å². The number of nitrogens with zero attached hydrogens (tertiary/aromatic N) is 2. The molecule has 138 valence electrons. The van der Waals surface area contributed by atoms with E-state index in [1.54, 1.807) is 0 Å². The van der Waals surface area contributed by atoms with Crippen LogP contribution in [0.1, 0.15) is 17.5 Å². The summed E-state index contributed by atoms with van der Waals surface area (Å²) >= 11 is 4.77. The molecule has 3 rings (SSSR count). The van der Waals surface area contributed by atoms with Crippen molar-refractivity contribution in [1.82, 2.24) is 15.8 Å². The number of rotatable bonds is 6. The highest BCUT2D eigenvalue weighted by Gasteiger charge is 2.15. The summed E-state index contributed by atoms with van der Waals surface area (Å²) in [5.74, 6) is 0. The third kappa shape index (κ3) is 5.69. The van der Waals surface area contributed by atoms with E-state index in [2.05, 4.69) is 75.2 Å². The van der Waals surface area contributed by atoms with Crippen molar-refractivity contribution in [3.63, 3.8) is 0 Å². The van der Waals surface area contributed by atoms with Gasteiger partial charge in [-0.05, 0) is 41.9 Å². The third-order valence-electron chi connectivity index (χ3n) is 4.64. The summed E-state index contributed by atoms with van der Waals surface area (Å²) in [4.78, 5) is 5.03. The maximum atomic E-state index is 5.40. The van der Waals surface area contributed by atoms with Crippen LogP contribution < -0.4 is 21.5 Å². The lowest BCUT2D eigenvalue weighted by Crippen LogP contribution is -2.40. The number of anilines is 1. The second-order valence-electron chi connectivity index (χ2n) is 6.61. The van der Waals surface area contributed by atoms with Crippen LogP contribution in [0.25, 0.3) is 0 Å².